The van der Waals surface area contributed by atoms with E-state index in [1.807, 2.05) is 72.8 Å². The van der Waals surface area contributed by atoms with Crippen LogP contribution in [0.5, 0.6) is 0 Å². The zero-order valence-electron chi connectivity index (χ0n) is 29.1. The second-order valence-electron chi connectivity index (χ2n) is 13.9. The van der Waals surface area contributed by atoms with Crippen LogP contribution in [-0.4, -0.2) is 15.0 Å². The van der Waals surface area contributed by atoms with E-state index in [0.29, 0.717) is 17.5 Å². The summed E-state index contributed by atoms with van der Waals surface area (Å²) in [5.74, 6) is 1.86. The summed E-state index contributed by atoms with van der Waals surface area (Å²) in [6.45, 7) is 0. The Morgan fingerprint density at radius 1 is 0.389 bits per heavy atom. The van der Waals surface area contributed by atoms with Gasteiger partial charge in [0.15, 0.2) is 17.5 Å². The molecule has 0 bridgehead atoms. The average molecular weight is 690 g/mol. The average Bonchev–Trinajstić information content (AvgIpc) is 3.78. The number of fused-ring (bicyclic) bond motifs is 8. The molecule has 11 rings (SSSR count). The zero-order chi connectivity index (χ0) is 35.6. The van der Waals surface area contributed by atoms with Crippen LogP contribution in [0.1, 0.15) is 22.3 Å². The van der Waals surface area contributed by atoms with Crippen LogP contribution in [0.4, 0.5) is 0 Å². The highest BCUT2D eigenvalue weighted by Gasteiger charge is 2.46. The van der Waals surface area contributed by atoms with Gasteiger partial charge in [-0.3, -0.25) is 0 Å². The lowest BCUT2D eigenvalue weighted by atomic mass is 9.67. The predicted molar refractivity (Wildman–Crippen MR) is 218 cm³/mol. The summed E-state index contributed by atoms with van der Waals surface area (Å²) in [6.07, 6.45) is 0. The Morgan fingerprint density at radius 2 is 1.02 bits per heavy atom. The van der Waals surface area contributed by atoms with Gasteiger partial charge in [0.25, 0.3) is 0 Å². The quantitative estimate of drug-likeness (QED) is 0.180. The highest BCUT2D eigenvalue weighted by atomic mass is 16.3. The third-order valence-electron chi connectivity index (χ3n) is 11.0. The van der Waals surface area contributed by atoms with Gasteiger partial charge in [-0.15, -0.1) is 0 Å². The molecule has 1 atom stereocenters. The molecule has 4 nitrogen and oxygen atoms in total. The molecule has 0 saturated heterocycles. The van der Waals surface area contributed by atoms with Gasteiger partial charge in [-0.2, -0.15) is 0 Å². The molecule has 0 amide bonds. The van der Waals surface area contributed by atoms with E-state index in [1.54, 1.807) is 0 Å². The van der Waals surface area contributed by atoms with Crippen LogP contribution in [0.25, 0.3) is 78.0 Å². The molecule has 0 N–H and O–H groups in total. The smallest absolute Gasteiger partial charge is 0.164 e. The number of nitrogens with zero attached hydrogens (tertiary/aromatic N) is 3. The van der Waals surface area contributed by atoms with Crippen molar-refractivity contribution < 1.29 is 4.42 Å². The maximum atomic E-state index is 6.80. The Balaban J connectivity index is 1.16. The highest BCUT2D eigenvalue weighted by molar-refractivity contribution is 6.12. The molecule has 0 saturated carbocycles. The lowest BCUT2D eigenvalue weighted by Crippen LogP contribution is -2.28. The summed E-state index contributed by atoms with van der Waals surface area (Å²) in [6, 6.07) is 66.2. The normalized spacial score (nSPS) is 14.7. The van der Waals surface area contributed by atoms with E-state index in [2.05, 4.69) is 115 Å². The summed E-state index contributed by atoms with van der Waals surface area (Å²) in [4.78, 5) is 15.1. The van der Waals surface area contributed by atoms with Crippen LogP contribution >= 0.6 is 0 Å². The van der Waals surface area contributed by atoms with Gasteiger partial charge in [-0.1, -0.05) is 176 Å². The highest BCUT2D eigenvalue weighted by Crippen LogP contribution is 2.58. The molecule has 1 aliphatic rings. The van der Waals surface area contributed by atoms with Crippen LogP contribution in [-0.2, 0) is 5.41 Å². The van der Waals surface area contributed by atoms with Crippen LogP contribution in [0.15, 0.2) is 192 Å². The Labute approximate surface area is 312 Å². The summed E-state index contributed by atoms with van der Waals surface area (Å²) in [5.41, 5.74) is 11.3. The van der Waals surface area contributed by atoms with E-state index in [9.17, 15) is 0 Å². The van der Waals surface area contributed by atoms with E-state index in [0.717, 1.165) is 44.2 Å². The third-order valence-corrected chi connectivity index (χ3v) is 11.0. The summed E-state index contributed by atoms with van der Waals surface area (Å²) in [5, 5.41) is 4.49. The van der Waals surface area contributed by atoms with Crippen molar-refractivity contribution in [1.82, 2.24) is 15.0 Å². The fourth-order valence-corrected chi connectivity index (χ4v) is 8.70. The Bertz CT molecular complexity index is 2990. The Hall–Kier alpha value is -7.17. The van der Waals surface area contributed by atoms with Crippen molar-refractivity contribution in [3.8, 4) is 45.3 Å². The van der Waals surface area contributed by atoms with Gasteiger partial charge >= 0.3 is 0 Å². The predicted octanol–water partition coefficient (Wildman–Crippen LogP) is 12.3. The van der Waals surface area contributed by atoms with Crippen molar-refractivity contribution in [1.29, 1.82) is 0 Å². The minimum Gasteiger partial charge on any atom is -0.456 e. The Morgan fingerprint density at radius 3 is 1.78 bits per heavy atom. The Kier molecular flexibility index (Phi) is 6.73. The van der Waals surface area contributed by atoms with Crippen LogP contribution < -0.4 is 0 Å². The van der Waals surface area contributed by atoms with Crippen molar-refractivity contribution in [2.75, 3.05) is 0 Å². The third kappa shape index (κ3) is 4.47. The first kappa shape index (κ1) is 30.5. The molecule has 0 aliphatic heterocycles. The number of furan rings is 1. The molecule has 1 aliphatic carbocycles. The number of rotatable bonds is 5. The van der Waals surface area contributed by atoms with Crippen molar-refractivity contribution in [3.63, 3.8) is 0 Å². The molecule has 1 unspecified atom stereocenters. The number of hydrogen-bond acceptors (Lipinski definition) is 4. The van der Waals surface area contributed by atoms with Gasteiger partial charge in [-0.25, -0.2) is 15.0 Å². The fraction of sp³-hybridized carbons (Fsp3) is 0.0200. The van der Waals surface area contributed by atoms with Gasteiger partial charge < -0.3 is 4.42 Å². The van der Waals surface area contributed by atoms with Crippen LogP contribution in [0, 0.1) is 0 Å². The molecule has 10 aromatic rings. The van der Waals surface area contributed by atoms with E-state index in [-0.39, 0.29) is 0 Å². The monoisotopic (exact) mass is 689 g/mol. The fourth-order valence-electron chi connectivity index (χ4n) is 8.70. The van der Waals surface area contributed by atoms with Gasteiger partial charge in [0.1, 0.15) is 11.2 Å². The molecule has 2 aromatic heterocycles. The summed E-state index contributed by atoms with van der Waals surface area (Å²) < 4.78 is 6.80. The van der Waals surface area contributed by atoms with Crippen molar-refractivity contribution >= 4 is 32.7 Å². The minimum absolute atomic E-state index is 0.559. The van der Waals surface area contributed by atoms with E-state index < -0.39 is 5.41 Å². The summed E-state index contributed by atoms with van der Waals surface area (Å²) in [7, 11) is 0. The molecule has 0 radical (unpaired) electrons. The maximum Gasteiger partial charge on any atom is 0.164 e. The zero-order valence-corrected chi connectivity index (χ0v) is 29.1. The summed E-state index contributed by atoms with van der Waals surface area (Å²) >= 11 is 0. The number of benzene rings is 8. The minimum atomic E-state index is -0.559. The van der Waals surface area contributed by atoms with Crippen LogP contribution in [0.3, 0.4) is 0 Å². The molecular formula is C50H31N3O. The molecular weight excluding hydrogens is 659 g/mol. The van der Waals surface area contributed by atoms with E-state index >= 15 is 0 Å². The van der Waals surface area contributed by atoms with Gasteiger partial charge in [0.2, 0.25) is 0 Å². The van der Waals surface area contributed by atoms with Crippen molar-refractivity contribution in [2.45, 2.75) is 5.41 Å². The molecule has 4 heteroatoms. The first-order chi connectivity index (χ1) is 26.8. The maximum absolute atomic E-state index is 6.80. The molecule has 54 heavy (non-hydrogen) atoms. The first-order valence-electron chi connectivity index (χ1n) is 18.3. The number of hydrogen-bond donors (Lipinski definition) is 0. The SMILES string of the molecule is c1ccc(-c2nc(-c3ccccc3)nc(-c3cccc4oc5cc(C6(c7ccccc7)c7ccccc7-c7c6ccc6ccccc76)ccc5c34)n2)cc1. The van der Waals surface area contributed by atoms with Crippen molar-refractivity contribution in [2.24, 2.45) is 0 Å². The lowest BCUT2D eigenvalue weighted by Gasteiger charge is -2.33. The molecule has 2 heterocycles. The molecule has 0 fully saturated rings. The number of aromatic nitrogens is 3. The van der Waals surface area contributed by atoms with Gasteiger partial charge in [0, 0.05) is 27.5 Å². The molecule has 0 spiro atoms. The topological polar surface area (TPSA) is 51.8 Å². The van der Waals surface area contributed by atoms with Gasteiger partial charge in [0.05, 0.1) is 5.41 Å². The largest absolute Gasteiger partial charge is 0.456 e. The van der Waals surface area contributed by atoms with Crippen molar-refractivity contribution in [3.05, 3.63) is 210 Å². The van der Waals surface area contributed by atoms with E-state index in [1.165, 1.54) is 38.6 Å². The molecule has 252 valence electrons. The first-order valence-corrected chi connectivity index (χ1v) is 18.3. The van der Waals surface area contributed by atoms with E-state index in [4.69, 9.17) is 19.4 Å². The standard InChI is InChI=1S/C50H31N3O/c1-4-16-33(17-5-1)47-51-48(34-18-6-2-7-19-34)53-49(52-47)40-24-14-26-43-46(40)39-29-28-36(31-44(39)54-43)50(35-20-8-3-9-21-35)41-25-13-12-23-38(41)45-37-22-11-10-15-32(37)27-30-42(45)50/h1-31H. The lowest BCUT2D eigenvalue weighted by molar-refractivity contribution is 0.665. The second-order valence-corrected chi connectivity index (χ2v) is 13.9. The second kappa shape index (κ2) is 11.9. The van der Waals surface area contributed by atoms with Crippen LogP contribution in [0.2, 0.25) is 0 Å². The van der Waals surface area contributed by atoms with Gasteiger partial charge in [-0.05, 0) is 56.3 Å². The molecule has 8 aromatic carbocycles.